The average Bonchev–Trinajstić information content (AvgIpc) is 2.67. The second kappa shape index (κ2) is 9.29. The van der Waals surface area contributed by atoms with E-state index in [2.05, 4.69) is 5.32 Å². The summed E-state index contributed by atoms with van der Waals surface area (Å²) in [7, 11) is -2.14. The van der Waals surface area contributed by atoms with Gasteiger partial charge in [0.05, 0.1) is 4.90 Å². The number of nitrogens with zero attached hydrogens (tertiary/aromatic N) is 1. The molecule has 0 saturated carbocycles. The Labute approximate surface area is 159 Å². The van der Waals surface area contributed by atoms with Crippen LogP contribution in [0.15, 0.2) is 59.5 Å². The summed E-state index contributed by atoms with van der Waals surface area (Å²) in [5.41, 5.74) is 1.30. The summed E-state index contributed by atoms with van der Waals surface area (Å²) >= 11 is 0. The fourth-order valence-corrected chi connectivity index (χ4v) is 3.42. The summed E-state index contributed by atoms with van der Waals surface area (Å²) in [6.45, 7) is 1.51. The van der Waals surface area contributed by atoms with E-state index in [9.17, 15) is 18.0 Å². The third kappa shape index (κ3) is 5.90. The van der Waals surface area contributed by atoms with Crippen LogP contribution in [-0.2, 0) is 30.9 Å². The van der Waals surface area contributed by atoms with Gasteiger partial charge in [-0.15, -0.1) is 0 Å². The van der Waals surface area contributed by atoms with Crippen molar-refractivity contribution in [2.24, 2.45) is 0 Å². The molecule has 0 radical (unpaired) electrons. The molecule has 0 heterocycles. The Balaban J connectivity index is 2.00. The minimum absolute atomic E-state index is 0.122. The summed E-state index contributed by atoms with van der Waals surface area (Å²) in [6, 6.07) is 15.1. The van der Waals surface area contributed by atoms with E-state index in [1.807, 2.05) is 30.3 Å². The van der Waals surface area contributed by atoms with Gasteiger partial charge in [-0.05, 0) is 29.8 Å². The quantitative estimate of drug-likeness (QED) is 0.699. The van der Waals surface area contributed by atoms with E-state index in [0.29, 0.717) is 5.69 Å². The number of ether oxygens (including phenoxy) is 1. The first kappa shape index (κ1) is 20.6. The van der Waals surface area contributed by atoms with E-state index in [4.69, 9.17) is 4.74 Å². The number of hydrogen-bond acceptors (Lipinski definition) is 5. The topological polar surface area (TPSA) is 92.8 Å². The summed E-state index contributed by atoms with van der Waals surface area (Å²) in [5, 5.41) is 2.54. The van der Waals surface area contributed by atoms with Gasteiger partial charge in [0.15, 0.2) is 6.61 Å². The number of anilines is 1. The number of rotatable bonds is 8. The summed E-state index contributed by atoms with van der Waals surface area (Å²) < 4.78 is 31.3. The Morgan fingerprint density at radius 2 is 1.67 bits per heavy atom. The maximum Gasteiger partial charge on any atom is 0.306 e. The van der Waals surface area contributed by atoms with Crippen molar-refractivity contribution in [3.8, 4) is 0 Å². The molecule has 0 unspecified atom stereocenters. The molecule has 0 bridgehead atoms. The second-order valence-electron chi connectivity index (χ2n) is 5.83. The number of nitrogens with one attached hydrogen (secondary N) is 1. The molecule has 0 atom stereocenters. The molecule has 0 spiro atoms. The van der Waals surface area contributed by atoms with E-state index in [-0.39, 0.29) is 24.5 Å². The van der Waals surface area contributed by atoms with Crippen molar-refractivity contribution in [3.63, 3.8) is 0 Å². The smallest absolute Gasteiger partial charge is 0.306 e. The van der Waals surface area contributed by atoms with Crippen molar-refractivity contribution in [1.82, 2.24) is 4.31 Å². The number of sulfonamides is 1. The van der Waals surface area contributed by atoms with Gasteiger partial charge >= 0.3 is 5.97 Å². The second-order valence-corrected chi connectivity index (χ2v) is 7.88. The van der Waals surface area contributed by atoms with Crippen molar-refractivity contribution in [2.75, 3.05) is 19.0 Å². The van der Waals surface area contributed by atoms with Crippen LogP contribution in [0.2, 0.25) is 0 Å². The van der Waals surface area contributed by atoms with Crippen LogP contribution in [0.4, 0.5) is 5.69 Å². The largest absolute Gasteiger partial charge is 0.456 e. The first-order valence-electron chi connectivity index (χ1n) is 8.38. The third-order valence-electron chi connectivity index (χ3n) is 3.75. The molecule has 1 N–H and O–H groups in total. The number of benzene rings is 2. The zero-order valence-corrected chi connectivity index (χ0v) is 16.0. The Kier molecular flexibility index (Phi) is 7.09. The Morgan fingerprint density at radius 1 is 1.04 bits per heavy atom. The molecule has 1 amide bonds. The highest BCUT2D eigenvalue weighted by Gasteiger charge is 2.20. The normalized spacial score (nSPS) is 11.2. The van der Waals surface area contributed by atoms with Crippen LogP contribution in [0.5, 0.6) is 0 Å². The lowest BCUT2D eigenvalue weighted by molar-refractivity contribution is -0.146. The van der Waals surface area contributed by atoms with Crippen LogP contribution >= 0.6 is 0 Å². The first-order chi connectivity index (χ1) is 12.8. The number of carbonyl (C=O) groups excluding carboxylic acids is 2. The number of amides is 1. The standard InChI is InChI=1S/C19H22N2O5S/c1-3-19(23)26-14-18(22)20-16-9-11-17(12-10-16)27(24,25)21(2)13-15-7-5-4-6-8-15/h4-12H,3,13-14H2,1-2H3,(H,20,22). The summed E-state index contributed by atoms with van der Waals surface area (Å²) in [5.74, 6) is -0.957. The SMILES string of the molecule is CCC(=O)OCC(=O)Nc1ccc(S(=O)(=O)N(C)Cc2ccccc2)cc1. The molecule has 144 valence electrons. The van der Waals surface area contributed by atoms with Gasteiger partial charge in [-0.1, -0.05) is 37.3 Å². The average molecular weight is 390 g/mol. The lowest BCUT2D eigenvalue weighted by Gasteiger charge is -2.17. The Hall–Kier alpha value is -2.71. The van der Waals surface area contributed by atoms with Crippen LogP contribution in [-0.4, -0.2) is 38.3 Å². The van der Waals surface area contributed by atoms with E-state index in [1.165, 1.54) is 35.6 Å². The molecule has 0 aliphatic rings. The monoisotopic (exact) mass is 390 g/mol. The number of esters is 1. The highest BCUT2D eigenvalue weighted by molar-refractivity contribution is 7.89. The fraction of sp³-hybridized carbons (Fsp3) is 0.263. The third-order valence-corrected chi connectivity index (χ3v) is 5.56. The Bertz CT molecular complexity index is 880. The molecule has 0 aliphatic carbocycles. The molecule has 2 aromatic carbocycles. The van der Waals surface area contributed by atoms with Gasteiger partial charge in [0.2, 0.25) is 10.0 Å². The molecule has 27 heavy (non-hydrogen) atoms. The highest BCUT2D eigenvalue weighted by Crippen LogP contribution is 2.19. The van der Waals surface area contributed by atoms with Gasteiger partial charge in [0.25, 0.3) is 5.91 Å². The van der Waals surface area contributed by atoms with Crippen LogP contribution in [0.3, 0.4) is 0 Å². The fourth-order valence-electron chi connectivity index (χ4n) is 2.26. The molecular weight excluding hydrogens is 368 g/mol. The molecular formula is C19H22N2O5S. The maximum atomic E-state index is 12.7. The van der Waals surface area contributed by atoms with Crippen molar-refractivity contribution in [3.05, 3.63) is 60.2 Å². The van der Waals surface area contributed by atoms with Crippen LogP contribution in [0, 0.1) is 0 Å². The lowest BCUT2D eigenvalue weighted by atomic mass is 10.2. The predicted octanol–water partition coefficient (Wildman–Crippen LogP) is 2.40. The molecule has 2 rings (SSSR count). The molecule has 7 nitrogen and oxygen atoms in total. The van der Waals surface area contributed by atoms with Crippen LogP contribution in [0.25, 0.3) is 0 Å². The molecule has 8 heteroatoms. The Morgan fingerprint density at radius 3 is 2.26 bits per heavy atom. The van der Waals surface area contributed by atoms with E-state index < -0.39 is 21.9 Å². The predicted molar refractivity (Wildman–Crippen MR) is 101 cm³/mol. The van der Waals surface area contributed by atoms with Gasteiger partial charge in [0, 0.05) is 25.7 Å². The van der Waals surface area contributed by atoms with Crippen molar-refractivity contribution < 1.29 is 22.7 Å². The van der Waals surface area contributed by atoms with E-state index in [0.717, 1.165) is 5.56 Å². The van der Waals surface area contributed by atoms with Crippen molar-refractivity contribution >= 4 is 27.6 Å². The maximum absolute atomic E-state index is 12.7. The van der Waals surface area contributed by atoms with Gasteiger partial charge in [-0.25, -0.2) is 8.42 Å². The van der Waals surface area contributed by atoms with Crippen LogP contribution in [0.1, 0.15) is 18.9 Å². The zero-order chi connectivity index (χ0) is 19.9. The molecule has 0 fully saturated rings. The minimum Gasteiger partial charge on any atom is -0.456 e. The molecule has 0 aliphatic heterocycles. The number of hydrogen-bond donors (Lipinski definition) is 1. The van der Waals surface area contributed by atoms with Gasteiger partial charge in [0.1, 0.15) is 0 Å². The van der Waals surface area contributed by atoms with E-state index >= 15 is 0 Å². The van der Waals surface area contributed by atoms with E-state index in [1.54, 1.807) is 6.92 Å². The highest BCUT2D eigenvalue weighted by atomic mass is 32.2. The summed E-state index contributed by atoms with van der Waals surface area (Å²) in [4.78, 5) is 22.9. The van der Waals surface area contributed by atoms with Crippen molar-refractivity contribution in [2.45, 2.75) is 24.8 Å². The zero-order valence-electron chi connectivity index (χ0n) is 15.2. The molecule has 0 aromatic heterocycles. The van der Waals surface area contributed by atoms with Crippen LogP contribution < -0.4 is 5.32 Å². The molecule has 2 aromatic rings. The van der Waals surface area contributed by atoms with Crippen molar-refractivity contribution in [1.29, 1.82) is 0 Å². The number of carbonyl (C=O) groups is 2. The lowest BCUT2D eigenvalue weighted by Crippen LogP contribution is -2.26. The molecule has 0 saturated heterocycles. The minimum atomic E-state index is -3.66. The summed E-state index contributed by atoms with van der Waals surface area (Å²) in [6.07, 6.45) is 0.191. The van der Waals surface area contributed by atoms with Gasteiger partial charge in [-0.2, -0.15) is 4.31 Å². The first-order valence-corrected chi connectivity index (χ1v) is 9.82. The van der Waals surface area contributed by atoms with Gasteiger partial charge in [-0.3, -0.25) is 9.59 Å². The van der Waals surface area contributed by atoms with Gasteiger partial charge < -0.3 is 10.1 Å².